The zero-order chi connectivity index (χ0) is 18.3. The summed E-state index contributed by atoms with van der Waals surface area (Å²) in [5, 5.41) is 6.86. The van der Waals surface area contributed by atoms with Crippen molar-refractivity contribution >= 4 is 5.96 Å². The van der Waals surface area contributed by atoms with Gasteiger partial charge < -0.3 is 20.1 Å². The van der Waals surface area contributed by atoms with Crippen molar-refractivity contribution in [2.45, 2.75) is 72.3 Å². The van der Waals surface area contributed by atoms with Crippen molar-refractivity contribution in [2.24, 2.45) is 16.8 Å². The first-order valence-electron chi connectivity index (χ1n) is 10.3. The molecule has 0 radical (unpaired) electrons. The van der Waals surface area contributed by atoms with Gasteiger partial charge in [-0.1, -0.05) is 26.7 Å². The van der Waals surface area contributed by atoms with Crippen LogP contribution >= 0.6 is 0 Å². The summed E-state index contributed by atoms with van der Waals surface area (Å²) in [7, 11) is 0. The first-order valence-corrected chi connectivity index (χ1v) is 10.3. The van der Waals surface area contributed by atoms with Gasteiger partial charge in [0.1, 0.15) is 0 Å². The molecule has 0 spiro atoms. The Kier molecular flexibility index (Phi) is 12.8. The molecule has 0 aromatic carbocycles. The number of rotatable bonds is 12. The molecule has 0 aromatic heterocycles. The zero-order valence-electron chi connectivity index (χ0n) is 17.0. The van der Waals surface area contributed by atoms with Crippen LogP contribution in [0.5, 0.6) is 0 Å². The molecule has 1 unspecified atom stereocenters. The first-order chi connectivity index (χ1) is 12.1. The van der Waals surface area contributed by atoms with Crippen LogP contribution in [0, 0.1) is 11.8 Å². The first kappa shape index (κ1) is 22.2. The van der Waals surface area contributed by atoms with Crippen molar-refractivity contribution in [1.29, 1.82) is 0 Å². The molecule has 0 saturated carbocycles. The van der Waals surface area contributed by atoms with Gasteiger partial charge in [-0.25, -0.2) is 0 Å². The fraction of sp³-hybridized carbons (Fsp3) is 0.950. The number of hydrogen-bond acceptors (Lipinski definition) is 3. The van der Waals surface area contributed by atoms with Gasteiger partial charge in [-0.05, 0) is 51.4 Å². The fourth-order valence-electron chi connectivity index (χ4n) is 2.98. The minimum atomic E-state index is 0.460. The van der Waals surface area contributed by atoms with Gasteiger partial charge in [-0.2, -0.15) is 0 Å². The number of guanidine groups is 1. The Bertz CT molecular complexity index is 342. The quantitative estimate of drug-likeness (QED) is 0.319. The zero-order valence-corrected chi connectivity index (χ0v) is 17.0. The Morgan fingerprint density at radius 3 is 2.60 bits per heavy atom. The molecule has 1 heterocycles. The molecule has 5 heteroatoms. The summed E-state index contributed by atoms with van der Waals surface area (Å²) in [6, 6.07) is 0.460. The van der Waals surface area contributed by atoms with Gasteiger partial charge in [0.25, 0.3) is 0 Å². The van der Waals surface area contributed by atoms with E-state index in [2.05, 4.69) is 43.3 Å². The highest BCUT2D eigenvalue weighted by molar-refractivity contribution is 5.79. The number of ether oxygens (including phenoxy) is 2. The van der Waals surface area contributed by atoms with Crippen LogP contribution in [0.1, 0.15) is 66.2 Å². The molecule has 2 N–H and O–H groups in total. The minimum Gasteiger partial charge on any atom is -0.381 e. The van der Waals surface area contributed by atoms with Gasteiger partial charge in [0, 0.05) is 45.6 Å². The van der Waals surface area contributed by atoms with Crippen LogP contribution in [-0.4, -0.2) is 51.5 Å². The molecule has 0 bridgehead atoms. The molecule has 0 amide bonds. The maximum Gasteiger partial charge on any atom is 0.191 e. The standard InChI is InChI=1S/C20H41N3O2/c1-5-21-20(23-18(4)9-6-8-17(2)3)22-12-7-13-25-16-19-10-14-24-15-11-19/h17-19H,5-16H2,1-4H3,(H2,21,22,23). The molecule has 1 aliphatic rings. The Balaban J connectivity index is 2.13. The number of nitrogens with zero attached hydrogens (tertiary/aromatic N) is 1. The Labute approximate surface area is 155 Å². The van der Waals surface area contributed by atoms with Crippen molar-refractivity contribution in [3.63, 3.8) is 0 Å². The SMILES string of the molecule is CCNC(=NCCCOCC1CCOCC1)NC(C)CCCC(C)C. The molecular formula is C20H41N3O2. The second kappa shape index (κ2) is 14.4. The number of hydrogen-bond donors (Lipinski definition) is 2. The molecule has 25 heavy (non-hydrogen) atoms. The van der Waals surface area contributed by atoms with Crippen LogP contribution in [0.2, 0.25) is 0 Å². The second-order valence-corrected chi connectivity index (χ2v) is 7.62. The van der Waals surface area contributed by atoms with E-state index in [-0.39, 0.29) is 0 Å². The van der Waals surface area contributed by atoms with Crippen LogP contribution in [0.4, 0.5) is 0 Å². The minimum absolute atomic E-state index is 0.460. The molecule has 1 aliphatic heterocycles. The Morgan fingerprint density at radius 1 is 1.16 bits per heavy atom. The normalized spacial score (nSPS) is 17.7. The third kappa shape index (κ3) is 12.2. The largest absolute Gasteiger partial charge is 0.381 e. The summed E-state index contributed by atoms with van der Waals surface area (Å²) in [6.07, 6.45) is 7.01. The van der Waals surface area contributed by atoms with Gasteiger partial charge in [0.15, 0.2) is 5.96 Å². The predicted molar refractivity (Wildman–Crippen MR) is 106 cm³/mol. The number of nitrogens with one attached hydrogen (secondary N) is 2. The van der Waals surface area contributed by atoms with Crippen molar-refractivity contribution in [3.05, 3.63) is 0 Å². The molecule has 148 valence electrons. The smallest absolute Gasteiger partial charge is 0.191 e. The Hall–Kier alpha value is -0.810. The van der Waals surface area contributed by atoms with Crippen LogP contribution in [0.25, 0.3) is 0 Å². The van der Waals surface area contributed by atoms with E-state index in [1.165, 1.54) is 19.3 Å². The third-order valence-electron chi connectivity index (χ3n) is 4.56. The maximum atomic E-state index is 5.81. The van der Waals surface area contributed by atoms with Gasteiger partial charge in [0.05, 0.1) is 0 Å². The van der Waals surface area contributed by atoms with E-state index in [4.69, 9.17) is 9.47 Å². The topological polar surface area (TPSA) is 54.9 Å². The lowest BCUT2D eigenvalue weighted by Crippen LogP contribution is -2.42. The highest BCUT2D eigenvalue weighted by Gasteiger charge is 2.13. The molecule has 1 atom stereocenters. The molecule has 0 aromatic rings. The highest BCUT2D eigenvalue weighted by atomic mass is 16.5. The van der Waals surface area contributed by atoms with E-state index in [0.29, 0.717) is 12.0 Å². The van der Waals surface area contributed by atoms with E-state index in [1.54, 1.807) is 0 Å². The summed E-state index contributed by atoms with van der Waals surface area (Å²) >= 11 is 0. The summed E-state index contributed by atoms with van der Waals surface area (Å²) < 4.78 is 11.2. The summed E-state index contributed by atoms with van der Waals surface area (Å²) in [6.45, 7) is 14.1. The molecule has 1 fully saturated rings. The van der Waals surface area contributed by atoms with Gasteiger partial charge >= 0.3 is 0 Å². The second-order valence-electron chi connectivity index (χ2n) is 7.62. The fourth-order valence-corrected chi connectivity index (χ4v) is 2.98. The summed E-state index contributed by atoms with van der Waals surface area (Å²) in [5.41, 5.74) is 0. The third-order valence-corrected chi connectivity index (χ3v) is 4.56. The van der Waals surface area contributed by atoms with E-state index < -0.39 is 0 Å². The average molecular weight is 356 g/mol. The molecule has 1 saturated heterocycles. The highest BCUT2D eigenvalue weighted by Crippen LogP contribution is 2.14. The Morgan fingerprint density at radius 2 is 1.92 bits per heavy atom. The van der Waals surface area contributed by atoms with E-state index in [9.17, 15) is 0 Å². The average Bonchev–Trinajstić information content (AvgIpc) is 2.58. The number of aliphatic imine (C=N–C) groups is 1. The van der Waals surface area contributed by atoms with E-state index in [0.717, 1.165) is 70.7 Å². The predicted octanol–water partition coefficient (Wildman–Crippen LogP) is 3.59. The molecule has 0 aliphatic carbocycles. The maximum absolute atomic E-state index is 5.81. The molecule has 5 nitrogen and oxygen atoms in total. The molecule has 1 rings (SSSR count). The summed E-state index contributed by atoms with van der Waals surface area (Å²) in [5.74, 6) is 2.40. The van der Waals surface area contributed by atoms with Crippen molar-refractivity contribution in [1.82, 2.24) is 10.6 Å². The van der Waals surface area contributed by atoms with Gasteiger partial charge in [0.2, 0.25) is 0 Å². The lowest BCUT2D eigenvalue weighted by atomic mass is 10.0. The van der Waals surface area contributed by atoms with Crippen LogP contribution in [-0.2, 0) is 9.47 Å². The lowest BCUT2D eigenvalue weighted by molar-refractivity contribution is 0.0205. The van der Waals surface area contributed by atoms with Crippen molar-refractivity contribution < 1.29 is 9.47 Å². The van der Waals surface area contributed by atoms with Gasteiger partial charge in [-0.3, -0.25) is 4.99 Å². The van der Waals surface area contributed by atoms with Crippen LogP contribution < -0.4 is 10.6 Å². The van der Waals surface area contributed by atoms with Crippen LogP contribution in [0.3, 0.4) is 0 Å². The van der Waals surface area contributed by atoms with Crippen molar-refractivity contribution in [3.8, 4) is 0 Å². The monoisotopic (exact) mass is 355 g/mol. The van der Waals surface area contributed by atoms with Crippen LogP contribution in [0.15, 0.2) is 4.99 Å². The lowest BCUT2D eigenvalue weighted by Gasteiger charge is -2.21. The van der Waals surface area contributed by atoms with E-state index in [1.807, 2.05) is 0 Å². The van der Waals surface area contributed by atoms with E-state index >= 15 is 0 Å². The summed E-state index contributed by atoms with van der Waals surface area (Å²) in [4.78, 5) is 4.68. The van der Waals surface area contributed by atoms with Gasteiger partial charge in [-0.15, -0.1) is 0 Å². The molecular weight excluding hydrogens is 314 g/mol. The van der Waals surface area contributed by atoms with Crippen molar-refractivity contribution in [2.75, 3.05) is 39.5 Å².